The first-order valence-electron chi connectivity index (χ1n) is 35.9. The molecule has 12 rings (SSSR count). The van der Waals surface area contributed by atoms with Gasteiger partial charge in [-0.1, -0.05) is 0 Å². The van der Waals surface area contributed by atoms with Gasteiger partial charge in [0.15, 0.2) is 0 Å². The molecule has 108 heavy (non-hydrogen) atoms. The number of benzene rings is 3. The summed E-state index contributed by atoms with van der Waals surface area (Å²) in [6.45, 7) is 29.1. The zero-order valence-electron chi connectivity index (χ0n) is 63.3. The van der Waals surface area contributed by atoms with Crippen LogP contribution in [0.5, 0.6) is 0 Å². The van der Waals surface area contributed by atoms with Gasteiger partial charge in [-0.05, 0) is 166 Å². The van der Waals surface area contributed by atoms with Crippen molar-refractivity contribution in [2.45, 2.75) is 126 Å². The summed E-state index contributed by atoms with van der Waals surface area (Å²) in [5.74, 6) is 4.15. The number of anilines is 12. The fourth-order valence-electron chi connectivity index (χ4n) is 12.2. The van der Waals surface area contributed by atoms with Crippen LogP contribution < -0.4 is 46.2 Å². The molecule has 0 bridgehead atoms. The molecule has 0 radical (unpaired) electrons. The van der Waals surface area contributed by atoms with Crippen molar-refractivity contribution in [3.05, 3.63) is 147 Å². The molecular weight excluding hydrogens is 1380 g/mol. The second-order valence-corrected chi connectivity index (χ2v) is 27.7. The minimum absolute atomic E-state index is 0.0966. The molecule has 3 fully saturated rings. The van der Waals surface area contributed by atoms with Gasteiger partial charge in [0.2, 0.25) is 35.6 Å². The zero-order chi connectivity index (χ0) is 77.2. The average Bonchev–Trinajstić information content (AvgIpc) is 1.28. The van der Waals surface area contributed by atoms with E-state index in [2.05, 4.69) is 100 Å². The van der Waals surface area contributed by atoms with Crippen molar-refractivity contribution in [3.8, 4) is 17.1 Å². The fraction of sp³-hybridized carbons (Fsp3) is 0.400. The zero-order valence-corrected chi connectivity index (χ0v) is 63.3. The molecule has 0 unspecified atom stereocenters. The lowest BCUT2D eigenvalue weighted by atomic mass is 10.1. The molecule has 9 heterocycles. The van der Waals surface area contributed by atoms with Gasteiger partial charge in [-0.25, -0.2) is 43.4 Å². The van der Waals surface area contributed by atoms with Crippen molar-refractivity contribution < 1.29 is 43.0 Å². The van der Waals surface area contributed by atoms with Gasteiger partial charge in [-0.2, -0.15) is 15.0 Å². The molecule has 9 aromatic rings. The van der Waals surface area contributed by atoms with E-state index in [0.29, 0.717) is 61.1 Å². The van der Waals surface area contributed by atoms with Gasteiger partial charge >= 0.3 is 18.3 Å². The molecule has 33 heteroatoms. The van der Waals surface area contributed by atoms with E-state index >= 15 is 0 Å². The summed E-state index contributed by atoms with van der Waals surface area (Å²) < 4.78 is 20.6. The van der Waals surface area contributed by atoms with Crippen LogP contribution in [0.1, 0.15) is 95.9 Å². The van der Waals surface area contributed by atoms with Crippen LogP contribution in [0.4, 0.5) is 83.8 Å². The first kappa shape index (κ1) is 78.1. The van der Waals surface area contributed by atoms with Crippen LogP contribution in [-0.2, 0) is 28.6 Å². The van der Waals surface area contributed by atoms with Crippen molar-refractivity contribution in [2.24, 2.45) is 0 Å². The Morgan fingerprint density at radius 1 is 0.454 bits per heavy atom. The Hall–Kier alpha value is -12.5. The number of amides is 6. The van der Waals surface area contributed by atoms with E-state index in [9.17, 15) is 28.8 Å². The largest absolute Gasteiger partial charge is 0.447 e. The van der Waals surface area contributed by atoms with Crippen molar-refractivity contribution >= 4 is 105 Å². The predicted molar refractivity (Wildman–Crippen MR) is 414 cm³/mol. The Morgan fingerprint density at radius 3 is 1.19 bits per heavy atom. The van der Waals surface area contributed by atoms with Crippen LogP contribution in [0.25, 0.3) is 17.1 Å². The molecule has 33 nitrogen and oxygen atoms in total. The SMILES string of the molecule is CC(=O)N1CCCN(c2cc(-n3cnc(Nc4ccc(NC(=O)OC(C)(C)C)cc4)n3)ccn2)CC1.CC(=O)N1CCCN(c2cc(-n3cnc(Nc4ccc(NC(=O)OC(C)C)cc4)n3)ccn2)CC1.CC(=O)N1[C@H](C)CN(c2cc(-n3cnc(Nc4ccc(N(C)C(=O)OC(C)C)cc4)n3)ccn2)C[C@@H]1C. The van der Waals surface area contributed by atoms with Crippen molar-refractivity contribution in [1.82, 2.24) is 73.9 Å². The molecule has 570 valence electrons. The molecule has 0 aliphatic carbocycles. The second-order valence-electron chi connectivity index (χ2n) is 27.7. The lowest BCUT2D eigenvalue weighted by Gasteiger charge is -2.44. The summed E-state index contributed by atoms with van der Waals surface area (Å²) in [5, 5.41) is 28.5. The number of rotatable bonds is 17. The molecule has 3 saturated heterocycles. The number of nitrogens with one attached hydrogen (secondary N) is 5. The van der Waals surface area contributed by atoms with Crippen LogP contribution in [0.3, 0.4) is 0 Å². The molecule has 6 aromatic heterocycles. The number of hydrogen-bond donors (Lipinski definition) is 5. The summed E-state index contributed by atoms with van der Waals surface area (Å²) in [5.41, 5.74) is 6.26. The number of aromatic nitrogens is 12. The maximum Gasteiger partial charge on any atom is 0.414 e. The molecule has 3 aliphatic heterocycles. The lowest BCUT2D eigenvalue weighted by molar-refractivity contribution is -0.133. The summed E-state index contributed by atoms with van der Waals surface area (Å²) in [6.07, 6.45) is 10.2. The number of carbonyl (C=O) groups is 6. The van der Waals surface area contributed by atoms with E-state index in [-0.39, 0.29) is 42.0 Å². The van der Waals surface area contributed by atoms with Gasteiger partial charge in [-0.15, -0.1) is 15.3 Å². The first-order valence-corrected chi connectivity index (χ1v) is 35.9. The molecular formula is C75H96N24O9. The Labute approximate surface area is 628 Å². The van der Waals surface area contributed by atoms with Crippen molar-refractivity contribution in [1.29, 1.82) is 0 Å². The first-order chi connectivity index (χ1) is 51.6. The van der Waals surface area contributed by atoms with Gasteiger partial charge in [0.25, 0.3) is 0 Å². The molecule has 5 N–H and O–H groups in total. The molecule has 2 atom stereocenters. The Balaban J connectivity index is 0.000000173. The number of ether oxygens (including phenoxy) is 3. The van der Waals surface area contributed by atoms with E-state index in [1.165, 1.54) is 4.90 Å². The highest BCUT2D eigenvalue weighted by Crippen LogP contribution is 2.28. The van der Waals surface area contributed by atoms with Gasteiger partial charge in [-0.3, -0.25) is 29.9 Å². The van der Waals surface area contributed by atoms with Crippen LogP contribution >= 0.6 is 0 Å². The summed E-state index contributed by atoms with van der Waals surface area (Å²) in [4.78, 5) is 112. The third kappa shape index (κ3) is 22.3. The molecule has 3 aromatic carbocycles. The fourth-order valence-corrected chi connectivity index (χ4v) is 12.2. The molecule has 0 spiro atoms. The normalized spacial score (nSPS) is 15.3. The number of piperazine rings is 1. The predicted octanol–water partition coefficient (Wildman–Crippen LogP) is 11.1. The topological polar surface area (TPSA) is 344 Å². The smallest absolute Gasteiger partial charge is 0.414 e. The van der Waals surface area contributed by atoms with E-state index in [4.69, 9.17) is 14.2 Å². The molecule has 0 saturated carbocycles. The third-order valence-corrected chi connectivity index (χ3v) is 17.2. The van der Waals surface area contributed by atoms with Gasteiger partial charge < -0.3 is 59.6 Å². The number of nitrogens with zero attached hydrogens (tertiary/aromatic N) is 19. The number of carbonyl (C=O) groups excluding carboxylic acids is 6. The van der Waals surface area contributed by atoms with E-state index < -0.39 is 23.9 Å². The second kappa shape index (κ2) is 36.0. The van der Waals surface area contributed by atoms with Crippen LogP contribution in [0.15, 0.2) is 147 Å². The minimum Gasteiger partial charge on any atom is -0.447 e. The monoisotopic (exact) mass is 1480 g/mol. The Morgan fingerprint density at radius 2 is 0.824 bits per heavy atom. The van der Waals surface area contributed by atoms with Crippen LogP contribution in [0, 0.1) is 0 Å². The van der Waals surface area contributed by atoms with Gasteiger partial charge in [0.05, 0.1) is 29.3 Å². The van der Waals surface area contributed by atoms with Crippen molar-refractivity contribution in [2.75, 3.05) is 119 Å². The van der Waals surface area contributed by atoms with E-state index in [1.54, 1.807) is 118 Å². The maximum absolute atomic E-state index is 12.1. The summed E-state index contributed by atoms with van der Waals surface area (Å²) >= 11 is 0. The van der Waals surface area contributed by atoms with Gasteiger partial charge in [0, 0.05) is 176 Å². The third-order valence-electron chi connectivity index (χ3n) is 17.2. The Bertz CT molecular complexity index is 4490. The van der Waals surface area contributed by atoms with Crippen LogP contribution in [0.2, 0.25) is 0 Å². The summed E-state index contributed by atoms with van der Waals surface area (Å²) in [6, 6.07) is 33.4. The standard InChI is InChI=1S/C26H34N8O3.C25H32N8O3.C24H30N8O3/c1-17(2)37-26(36)31(6)22-9-7-21(8-10-22)29-25-28-16-33(30-25)23-11-12-27-24(13-23)32-14-18(3)34(20(5)35)19(4)15-32;1-18(34)31-12-5-13-32(15-14-31)22-16-21(10-11-26-22)33-17-27-23(30-33)28-19-6-8-20(9-7-19)29-24(35)36-25(2,3)4;1-17(2)35-24(34)28-20-7-5-19(6-8-20)27-23-26-16-32(29-23)21-9-10-25-22(15-21)31-12-4-11-30(13-14-31)18(3)33/h7-13,16-19H,14-15H2,1-6H3,(H,29,30);6-11,16-17H,5,12-15H2,1-4H3,(H,28,30)(H,29,35);5-10,15-17H,4,11-14H2,1-3H3,(H,27,29)(H,28,34)/t18-,19+;;. The highest BCUT2D eigenvalue weighted by atomic mass is 16.6. The Kier molecular flexibility index (Phi) is 26.1. The quantitative estimate of drug-likeness (QED) is 0.0529. The highest BCUT2D eigenvalue weighted by molar-refractivity contribution is 5.88. The highest BCUT2D eigenvalue weighted by Gasteiger charge is 2.32. The molecule has 6 amide bonds. The van der Waals surface area contributed by atoms with Crippen LogP contribution in [-0.4, -0.2) is 212 Å². The number of hydrogen-bond acceptors (Lipinski definition) is 24. The van der Waals surface area contributed by atoms with Crippen molar-refractivity contribution in [3.63, 3.8) is 0 Å². The summed E-state index contributed by atoms with van der Waals surface area (Å²) in [7, 11) is 1.67. The maximum atomic E-state index is 12.1. The minimum atomic E-state index is -0.560. The number of pyridine rings is 3. The molecule has 3 aliphatic rings. The average molecular weight is 1480 g/mol. The lowest BCUT2D eigenvalue weighted by Crippen LogP contribution is -2.58. The van der Waals surface area contributed by atoms with E-state index in [1.807, 2.05) is 134 Å². The van der Waals surface area contributed by atoms with E-state index in [0.717, 1.165) is 104 Å². The van der Waals surface area contributed by atoms with Gasteiger partial charge in [0.1, 0.15) is 42.0 Å².